The zero-order valence-corrected chi connectivity index (χ0v) is 17.9. The molecule has 3 rings (SSSR count). The molecule has 0 radical (unpaired) electrons. The Morgan fingerprint density at radius 1 is 1.20 bits per heavy atom. The van der Waals surface area contributed by atoms with Crippen LogP contribution in [0.15, 0.2) is 24.3 Å². The van der Waals surface area contributed by atoms with Gasteiger partial charge in [-0.25, -0.2) is 0 Å². The van der Waals surface area contributed by atoms with E-state index >= 15 is 0 Å². The molecule has 1 fully saturated rings. The van der Waals surface area contributed by atoms with Crippen LogP contribution < -0.4 is 15.4 Å². The Bertz CT molecular complexity index is 821. The first-order valence-electron chi connectivity index (χ1n) is 9.98. The number of carbonyl (C=O) groups is 2. The number of aromatic nitrogens is 2. The Morgan fingerprint density at radius 3 is 2.70 bits per heavy atom. The number of anilines is 1. The number of amides is 2. The highest BCUT2D eigenvalue weighted by Crippen LogP contribution is 2.18. The first-order valence-corrected chi connectivity index (χ1v) is 10.8. The number of aryl methyl sites for hydroxylation is 1. The summed E-state index contributed by atoms with van der Waals surface area (Å²) in [5, 5.41) is 14.8. The summed E-state index contributed by atoms with van der Waals surface area (Å²) >= 11 is 1.25. The van der Waals surface area contributed by atoms with E-state index in [0.29, 0.717) is 36.5 Å². The van der Waals surface area contributed by atoms with Gasteiger partial charge in [-0.05, 0) is 30.7 Å². The molecule has 0 atom stereocenters. The predicted octanol–water partition coefficient (Wildman–Crippen LogP) is 1.57. The van der Waals surface area contributed by atoms with E-state index in [9.17, 15) is 9.59 Å². The second-order valence-electron chi connectivity index (χ2n) is 6.84. The van der Waals surface area contributed by atoms with E-state index < -0.39 is 0 Å². The normalized spacial score (nSPS) is 14.3. The predicted molar refractivity (Wildman–Crippen MR) is 114 cm³/mol. The number of methoxy groups -OCH3 is 1. The fraction of sp³-hybridized carbons (Fsp3) is 0.500. The average molecular weight is 434 g/mol. The summed E-state index contributed by atoms with van der Waals surface area (Å²) in [6, 6.07) is 7.06. The topological polar surface area (TPSA) is 106 Å². The number of nitrogens with zero attached hydrogens (tertiary/aromatic N) is 3. The van der Waals surface area contributed by atoms with Gasteiger partial charge in [-0.3, -0.25) is 14.5 Å². The maximum Gasteiger partial charge on any atom is 0.286 e. The highest BCUT2D eigenvalue weighted by molar-refractivity contribution is 7.13. The van der Waals surface area contributed by atoms with E-state index in [2.05, 4.69) is 25.7 Å². The summed E-state index contributed by atoms with van der Waals surface area (Å²) in [5.41, 5.74) is 0.659. The second-order valence-corrected chi connectivity index (χ2v) is 7.90. The Labute approximate surface area is 179 Å². The number of rotatable bonds is 10. The molecule has 2 heterocycles. The highest BCUT2D eigenvalue weighted by Gasteiger charge is 2.14. The van der Waals surface area contributed by atoms with Crippen molar-refractivity contribution in [3.63, 3.8) is 0 Å². The van der Waals surface area contributed by atoms with Gasteiger partial charge in [-0.15, -0.1) is 10.2 Å². The van der Waals surface area contributed by atoms with Crippen molar-refractivity contribution in [2.45, 2.75) is 19.3 Å². The SMILES string of the molecule is COc1ccc(NC(=O)c2nnc(CCCC(=O)NCCN3CCOCC3)s2)cc1. The molecule has 1 aliphatic heterocycles. The summed E-state index contributed by atoms with van der Waals surface area (Å²) < 4.78 is 10.4. The van der Waals surface area contributed by atoms with E-state index in [4.69, 9.17) is 9.47 Å². The van der Waals surface area contributed by atoms with Gasteiger partial charge in [0.2, 0.25) is 10.9 Å². The minimum absolute atomic E-state index is 0.0326. The summed E-state index contributed by atoms with van der Waals surface area (Å²) in [6.45, 7) is 4.85. The fourth-order valence-corrected chi connectivity index (χ4v) is 3.75. The van der Waals surface area contributed by atoms with Gasteiger partial charge in [0.15, 0.2) is 0 Å². The maximum absolute atomic E-state index is 12.3. The molecule has 1 aliphatic rings. The molecule has 1 aromatic heterocycles. The van der Waals surface area contributed by atoms with Crippen LogP contribution in [-0.4, -0.2) is 73.4 Å². The zero-order valence-electron chi connectivity index (χ0n) is 17.1. The van der Waals surface area contributed by atoms with Crippen LogP contribution in [0.1, 0.15) is 27.7 Å². The Hall–Kier alpha value is -2.56. The van der Waals surface area contributed by atoms with Crippen LogP contribution in [0.4, 0.5) is 5.69 Å². The van der Waals surface area contributed by atoms with Gasteiger partial charge in [0.1, 0.15) is 10.8 Å². The molecule has 0 unspecified atom stereocenters. The van der Waals surface area contributed by atoms with Crippen LogP contribution in [0.5, 0.6) is 5.75 Å². The second kappa shape index (κ2) is 11.6. The molecular weight excluding hydrogens is 406 g/mol. The maximum atomic E-state index is 12.3. The molecule has 162 valence electrons. The molecule has 30 heavy (non-hydrogen) atoms. The van der Waals surface area contributed by atoms with Crippen LogP contribution in [0.3, 0.4) is 0 Å². The quantitative estimate of drug-likeness (QED) is 0.586. The van der Waals surface area contributed by atoms with Crippen molar-refractivity contribution >= 4 is 28.8 Å². The van der Waals surface area contributed by atoms with Crippen LogP contribution in [-0.2, 0) is 16.0 Å². The van der Waals surface area contributed by atoms with Crippen molar-refractivity contribution < 1.29 is 19.1 Å². The van der Waals surface area contributed by atoms with Crippen LogP contribution in [0.2, 0.25) is 0 Å². The third-order valence-corrected chi connectivity index (χ3v) is 5.64. The van der Waals surface area contributed by atoms with Crippen molar-refractivity contribution in [2.24, 2.45) is 0 Å². The molecule has 2 aromatic rings. The lowest BCUT2D eigenvalue weighted by Crippen LogP contribution is -2.41. The Kier molecular flexibility index (Phi) is 8.54. The van der Waals surface area contributed by atoms with Gasteiger partial charge in [-0.1, -0.05) is 11.3 Å². The number of carbonyl (C=O) groups excluding carboxylic acids is 2. The monoisotopic (exact) mass is 433 g/mol. The van der Waals surface area contributed by atoms with Gasteiger partial charge in [-0.2, -0.15) is 0 Å². The minimum atomic E-state index is -0.301. The molecule has 0 aliphatic carbocycles. The third kappa shape index (κ3) is 7.05. The molecule has 10 heteroatoms. The van der Waals surface area contributed by atoms with Gasteiger partial charge in [0.25, 0.3) is 5.91 Å². The third-order valence-electron chi connectivity index (χ3n) is 4.66. The zero-order chi connectivity index (χ0) is 21.2. The van der Waals surface area contributed by atoms with Crippen molar-refractivity contribution in [3.8, 4) is 5.75 Å². The van der Waals surface area contributed by atoms with Gasteiger partial charge in [0, 0.05) is 44.7 Å². The molecule has 1 aromatic carbocycles. The summed E-state index contributed by atoms with van der Waals surface area (Å²) in [7, 11) is 1.59. The summed E-state index contributed by atoms with van der Waals surface area (Å²) in [4.78, 5) is 26.6. The van der Waals surface area contributed by atoms with Crippen LogP contribution in [0.25, 0.3) is 0 Å². The lowest BCUT2D eigenvalue weighted by atomic mass is 10.2. The number of ether oxygens (including phenoxy) is 2. The van der Waals surface area contributed by atoms with Crippen LogP contribution >= 0.6 is 11.3 Å². The number of nitrogens with one attached hydrogen (secondary N) is 2. The molecule has 2 amide bonds. The van der Waals surface area contributed by atoms with E-state index in [1.807, 2.05) is 0 Å². The molecule has 1 saturated heterocycles. The first-order chi connectivity index (χ1) is 14.6. The van der Waals surface area contributed by atoms with Gasteiger partial charge >= 0.3 is 0 Å². The molecular formula is C20H27N5O4S. The van der Waals surface area contributed by atoms with Crippen molar-refractivity contribution in [1.82, 2.24) is 20.4 Å². The van der Waals surface area contributed by atoms with E-state index in [1.165, 1.54) is 11.3 Å². The minimum Gasteiger partial charge on any atom is -0.497 e. The van der Waals surface area contributed by atoms with E-state index in [1.54, 1.807) is 31.4 Å². The Balaban J connectivity index is 1.34. The molecule has 2 N–H and O–H groups in total. The fourth-order valence-electron chi connectivity index (χ4n) is 2.97. The number of hydrogen-bond donors (Lipinski definition) is 2. The summed E-state index contributed by atoms with van der Waals surface area (Å²) in [6.07, 6.45) is 1.71. The van der Waals surface area contributed by atoms with E-state index in [-0.39, 0.29) is 11.8 Å². The average Bonchev–Trinajstić information content (AvgIpc) is 3.24. The van der Waals surface area contributed by atoms with Crippen molar-refractivity contribution in [3.05, 3.63) is 34.3 Å². The van der Waals surface area contributed by atoms with Gasteiger partial charge < -0.3 is 20.1 Å². The highest BCUT2D eigenvalue weighted by atomic mass is 32.1. The lowest BCUT2D eigenvalue weighted by Gasteiger charge is -2.26. The standard InChI is InChI=1S/C20H27N5O4S/c1-28-16-7-5-15(6-8-16)22-19(27)20-24-23-18(30-20)4-2-3-17(26)21-9-10-25-11-13-29-14-12-25/h5-8H,2-4,9-14H2,1H3,(H,21,26)(H,22,27). The van der Waals surface area contributed by atoms with E-state index in [0.717, 1.165) is 43.6 Å². The Morgan fingerprint density at radius 2 is 1.97 bits per heavy atom. The first kappa shape index (κ1) is 22.1. The molecule has 0 bridgehead atoms. The number of benzene rings is 1. The lowest BCUT2D eigenvalue weighted by molar-refractivity contribution is -0.121. The van der Waals surface area contributed by atoms with Crippen LogP contribution in [0, 0.1) is 0 Å². The molecule has 0 saturated carbocycles. The smallest absolute Gasteiger partial charge is 0.286 e. The molecule has 0 spiro atoms. The number of morpholine rings is 1. The summed E-state index contributed by atoms with van der Waals surface area (Å²) in [5.74, 6) is 0.450. The van der Waals surface area contributed by atoms with Crippen molar-refractivity contribution in [2.75, 3.05) is 51.8 Å². The largest absolute Gasteiger partial charge is 0.497 e. The van der Waals surface area contributed by atoms with Gasteiger partial charge in [0.05, 0.1) is 20.3 Å². The molecule has 9 nitrogen and oxygen atoms in total. The van der Waals surface area contributed by atoms with Crippen molar-refractivity contribution in [1.29, 1.82) is 0 Å². The number of hydrogen-bond acceptors (Lipinski definition) is 8.